The lowest BCUT2D eigenvalue weighted by Gasteiger charge is -2.20. The van der Waals surface area contributed by atoms with Gasteiger partial charge in [0.1, 0.15) is 11.3 Å². The number of likely N-dealkylation sites (N-methyl/N-ethyl adjacent to an activating group) is 2. The molecule has 20 heavy (non-hydrogen) atoms. The van der Waals surface area contributed by atoms with E-state index >= 15 is 0 Å². The normalized spacial score (nSPS) is 10.4. The highest BCUT2D eigenvalue weighted by Crippen LogP contribution is 2.22. The first-order valence-corrected chi connectivity index (χ1v) is 6.04. The number of carbonyl (C=O) groups is 2. The number of carboxylic acid groups (broad SMARTS) is 1. The van der Waals surface area contributed by atoms with Gasteiger partial charge in [0.25, 0.3) is 0 Å². The van der Waals surface area contributed by atoms with Crippen molar-refractivity contribution in [3.63, 3.8) is 0 Å². The number of hydrogen-bond donors (Lipinski definition) is 3. The van der Waals surface area contributed by atoms with Gasteiger partial charge in [0.05, 0.1) is 0 Å². The summed E-state index contributed by atoms with van der Waals surface area (Å²) in [5.74, 6) is -1.60. The van der Waals surface area contributed by atoms with Gasteiger partial charge in [-0.2, -0.15) is 0 Å². The van der Waals surface area contributed by atoms with E-state index in [0.717, 1.165) is 6.54 Å². The highest BCUT2D eigenvalue weighted by molar-refractivity contribution is 5.93. The number of nitrogens with zero attached hydrogens (tertiary/aromatic N) is 2. The van der Waals surface area contributed by atoms with Crippen molar-refractivity contribution in [3.8, 4) is 5.75 Å². The molecule has 1 aromatic carbocycles. The van der Waals surface area contributed by atoms with Gasteiger partial charge >= 0.3 is 12.0 Å². The second-order valence-electron chi connectivity index (χ2n) is 4.69. The van der Waals surface area contributed by atoms with Crippen LogP contribution in [0.4, 0.5) is 10.5 Å². The molecule has 0 atom stereocenters. The number of carboxylic acids is 1. The Hall–Kier alpha value is -2.28. The van der Waals surface area contributed by atoms with E-state index in [-0.39, 0.29) is 17.3 Å². The SMILES string of the molecule is CN(C)CCN(C)C(=O)Nc1ccc(C(=O)O)c(O)c1. The van der Waals surface area contributed by atoms with Gasteiger partial charge in [-0.3, -0.25) is 0 Å². The van der Waals surface area contributed by atoms with Crippen LogP contribution in [0.3, 0.4) is 0 Å². The van der Waals surface area contributed by atoms with Crippen LogP contribution >= 0.6 is 0 Å². The molecule has 0 saturated carbocycles. The van der Waals surface area contributed by atoms with E-state index in [4.69, 9.17) is 5.11 Å². The Bertz CT molecular complexity index is 502. The molecular formula is C13H19N3O4. The molecule has 0 saturated heterocycles. The predicted octanol–water partition coefficient (Wildman–Crippen LogP) is 1.12. The molecule has 0 aliphatic rings. The third-order valence-electron chi connectivity index (χ3n) is 2.71. The summed E-state index contributed by atoms with van der Waals surface area (Å²) in [5, 5.41) is 20.9. The van der Waals surface area contributed by atoms with E-state index in [1.165, 1.54) is 23.1 Å². The maximum atomic E-state index is 11.9. The Kier molecular flexibility index (Phi) is 5.33. The second kappa shape index (κ2) is 6.76. The molecule has 0 fully saturated rings. The van der Waals surface area contributed by atoms with E-state index in [9.17, 15) is 14.7 Å². The van der Waals surface area contributed by atoms with Crippen LogP contribution in [0, 0.1) is 0 Å². The van der Waals surface area contributed by atoms with Crippen LogP contribution in [0.25, 0.3) is 0 Å². The summed E-state index contributed by atoms with van der Waals surface area (Å²) >= 11 is 0. The lowest BCUT2D eigenvalue weighted by molar-refractivity contribution is 0.0694. The largest absolute Gasteiger partial charge is 0.507 e. The summed E-state index contributed by atoms with van der Waals surface area (Å²) in [7, 11) is 5.48. The molecule has 0 spiro atoms. The molecule has 3 N–H and O–H groups in total. The Balaban J connectivity index is 2.66. The number of phenols is 1. The van der Waals surface area contributed by atoms with Gasteiger partial charge in [-0.1, -0.05) is 0 Å². The van der Waals surface area contributed by atoms with Crippen molar-refractivity contribution in [2.24, 2.45) is 0 Å². The summed E-state index contributed by atoms with van der Waals surface area (Å²) in [6, 6.07) is 3.56. The van der Waals surface area contributed by atoms with Crippen molar-refractivity contribution in [2.75, 3.05) is 39.5 Å². The van der Waals surface area contributed by atoms with Gasteiger partial charge < -0.3 is 25.3 Å². The minimum Gasteiger partial charge on any atom is -0.507 e. The Morgan fingerprint density at radius 2 is 1.85 bits per heavy atom. The maximum absolute atomic E-state index is 11.9. The smallest absolute Gasteiger partial charge is 0.339 e. The van der Waals surface area contributed by atoms with Crippen LogP contribution < -0.4 is 5.32 Å². The van der Waals surface area contributed by atoms with Gasteiger partial charge in [0, 0.05) is 31.9 Å². The third kappa shape index (κ3) is 4.43. The molecule has 0 heterocycles. The van der Waals surface area contributed by atoms with Crippen LogP contribution in [0.1, 0.15) is 10.4 Å². The molecule has 0 bridgehead atoms. The molecule has 1 rings (SSSR count). The average Bonchev–Trinajstić information content (AvgIpc) is 2.35. The van der Waals surface area contributed by atoms with Crippen LogP contribution in [-0.2, 0) is 0 Å². The Labute approximate surface area is 117 Å². The van der Waals surface area contributed by atoms with E-state index in [1.54, 1.807) is 7.05 Å². The van der Waals surface area contributed by atoms with Gasteiger partial charge in [-0.05, 0) is 26.2 Å². The molecule has 0 aliphatic heterocycles. The number of benzene rings is 1. The zero-order valence-corrected chi connectivity index (χ0v) is 11.8. The topological polar surface area (TPSA) is 93.1 Å². The van der Waals surface area contributed by atoms with Gasteiger partial charge in [-0.25, -0.2) is 9.59 Å². The molecule has 1 aromatic rings. The Morgan fingerprint density at radius 1 is 1.20 bits per heavy atom. The van der Waals surface area contributed by atoms with Crippen molar-refractivity contribution in [3.05, 3.63) is 23.8 Å². The zero-order valence-electron chi connectivity index (χ0n) is 11.8. The molecule has 0 aromatic heterocycles. The molecule has 2 amide bonds. The second-order valence-corrected chi connectivity index (χ2v) is 4.69. The van der Waals surface area contributed by atoms with Crippen molar-refractivity contribution < 1.29 is 19.8 Å². The molecule has 7 nitrogen and oxygen atoms in total. The lowest BCUT2D eigenvalue weighted by Crippen LogP contribution is -2.36. The van der Waals surface area contributed by atoms with Crippen LogP contribution in [0.2, 0.25) is 0 Å². The number of aromatic hydroxyl groups is 1. The minimum absolute atomic E-state index is 0.205. The van der Waals surface area contributed by atoms with Crippen LogP contribution in [0.5, 0.6) is 5.75 Å². The first-order valence-electron chi connectivity index (χ1n) is 6.04. The monoisotopic (exact) mass is 281 g/mol. The van der Waals surface area contributed by atoms with Gasteiger partial charge in [-0.15, -0.1) is 0 Å². The third-order valence-corrected chi connectivity index (χ3v) is 2.71. The molecule has 0 unspecified atom stereocenters. The quantitative estimate of drug-likeness (QED) is 0.752. The lowest BCUT2D eigenvalue weighted by atomic mass is 10.2. The number of anilines is 1. The molecule has 7 heteroatoms. The van der Waals surface area contributed by atoms with E-state index in [2.05, 4.69) is 5.32 Å². The first-order chi connectivity index (χ1) is 9.31. The number of urea groups is 1. The van der Waals surface area contributed by atoms with Crippen molar-refractivity contribution in [2.45, 2.75) is 0 Å². The molecule has 0 aliphatic carbocycles. The zero-order chi connectivity index (χ0) is 15.3. The average molecular weight is 281 g/mol. The van der Waals surface area contributed by atoms with E-state index < -0.39 is 5.97 Å². The number of carbonyl (C=O) groups excluding carboxylic acids is 1. The van der Waals surface area contributed by atoms with E-state index in [0.29, 0.717) is 12.2 Å². The number of hydrogen-bond acceptors (Lipinski definition) is 4. The summed E-state index contributed by atoms with van der Waals surface area (Å²) in [4.78, 5) is 26.1. The summed E-state index contributed by atoms with van der Waals surface area (Å²) in [6.07, 6.45) is 0. The fourth-order valence-electron chi connectivity index (χ4n) is 1.46. The number of rotatable bonds is 5. The summed E-state index contributed by atoms with van der Waals surface area (Å²) in [6.45, 7) is 1.28. The van der Waals surface area contributed by atoms with Crippen LogP contribution in [-0.4, -0.2) is 66.2 Å². The predicted molar refractivity (Wildman–Crippen MR) is 75.3 cm³/mol. The minimum atomic E-state index is -1.22. The molecule has 0 radical (unpaired) electrons. The van der Waals surface area contributed by atoms with Crippen molar-refractivity contribution in [1.29, 1.82) is 0 Å². The van der Waals surface area contributed by atoms with Crippen molar-refractivity contribution >= 4 is 17.7 Å². The number of nitrogens with one attached hydrogen (secondary N) is 1. The van der Waals surface area contributed by atoms with Crippen LogP contribution in [0.15, 0.2) is 18.2 Å². The first kappa shape index (κ1) is 15.8. The summed E-state index contributed by atoms with van der Waals surface area (Å²) in [5.41, 5.74) is 0.137. The fourth-order valence-corrected chi connectivity index (χ4v) is 1.46. The number of amides is 2. The van der Waals surface area contributed by atoms with Gasteiger partial charge in [0.2, 0.25) is 0 Å². The summed E-state index contributed by atoms with van der Waals surface area (Å²) < 4.78 is 0. The fraction of sp³-hybridized carbons (Fsp3) is 0.385. The highest BCUT2D eigenvalue weighted by Gasteiger charge is 2.12. The Morgan fingerprint density at radius 3 is 2.35 bits per heavy atom. The molecule has 110 valence electrons. The number of aromatic carboxylic acids is 1. The standard InChI is InChI=1S/C13H19N3O4/c1-15(2)6-7-16(3)13(20)14-9-4-5-10(12(18)19)11(17)8-9/h4-5,8,17H,6-7H2,1-3H3,(H,14,20)(H,18,19). The van der Waals surface area contributed by atoms with E-state index in [1.807, 2.05) is 19.0 Å². The molecular weight excluding hydrogens is 262 g/mol. The van der Waals surface area contributed by atoms with Crippen molar-refractivity contribution in [1.82, 2.24) is 9.80 Å². The van der Waals surface area contributed by atoms with Gasteiger partial charge in [0.15, 0.2) is 0 Å². The maximum Gasteiger partial charge on any atom is 0.339 e. The highest BCUT2D eigenvalue weighted by atomic mass is 16.4.